The summed E-state index contributed by atoms with van der Waals surface area (Å²) in [4.78, 5) is 38.4. The fourth-order valence-electron chi connectivity index (χ4n) is 3.80. The van der Waals surface area contributed by atoms with Crippen LogP contribution in [0.5, 0.6) is 17.2 Å². The summed E-state index contributed by atoms with van der Waals surface area (Å²) in [5, 5.41) is 0. The van der Waals surface area contributed by atoms with Crippen molar-refractivity contribution in [2.45, 2.75) is 12.3 Å². The number of methoxy groups -OCH3 is 3. The predicted molar refractivity (Wildman–Crippen MR) is 102 cm³/mol. The minimum absolute atomic E-state index is 0.0847. The molecule has 0 spiro atoms. The number of allylic oxidation sites excluding steroid dienone is 2. The Morgan fingerprint density at radius 3 is 2.00 bits per heavy atom. The molecular weight excluding hydrogens is 376 g/mol. The third-order valence-corrected chi connectivity index (χ3v) is 5.14. The summed E-state index contributed by atoms with van der Waals surface area (Å²) in [7, 11) is 4.44. The molecule has 0 N–H and O–H groups in total. The van der Waals surface area contributed by atoms with Gasteiger partial charge in [0.1, 0.15) is 0 Å². The summed E-state index contributed by atoms with van der Waals surface area (Å²) in [5.41, 5.74) is 1.29. The van der Waals surface area contributed by atoms with E-state index in [1.807, 2.05) is 0 Å². The van der Waals surface area contributed by atoms with Gasteiger partial charge in [0.2, 0.25) is 11.5 Å². The lowest BCUT2D eigenvalue weighted by Crippen LogP contribution is -2.32. The van der Waals surface area contributed by atoms with Gasteiger partial charge in [0, 0.05) is 17.0 Å². The fourth-order valence-corrected chi connectivity index (χ4v) is 3.80. The van der Waals surface area contributed by atoms with E-state index in [4.69, 9.17) is 18.9 Å². The minimum Gasteiger partial charge on any atom is -0.493 e. The maximum Gasteiger partial charge on any atom is 0.312 e. The molecule has 0 aromatic heterocycles. The molecule has 2 aromatic rings. The molecule has 2 aromatic carbocycles. The van der Waals surface area contributed by atoms with Gasteiger partial charge < -0.3 is 18.9 Å². The monoisotopic (exact) mass is 394 g/mol. The van der Waals surface area contributed by atoms with Crippen LogP contribution in [0.25, 0.3) is 0 Å². The molecule has 29 heavy (non-hydrogen) atoms. The highest BCUT2D eigenvalue weighted by Gasteiger charge is 2.43. The Morgan fingerprint density at radius 2 is 1.45 bits per heavy atom. The van der Waals surface area contributed by atoms with E-state index in [1.54, 1.807) is 36.4 Å². The first kappa shape index (κ1) is 18.7. The number of carbonyl (C=O) groups excluding carboxylic acids is 3. The van der Waals surface area contributed by atoms with Gasteiger partial charge in [-0.2, -0.15) is 0 Å². The predicted octanol–water partition coefficient (Wildman–Crippen LogP) is 3.08. The lowest BCUT2D eigenvalue weighted by molar-refractivity contribution is -0.140. The van der Waals surface area contributed by atoms with Gasteiger partial charge in [0.15, 0.2) is 23.0 Å². The molecule has 0 radical (unpaired) electrons. The van der Waals surface area contributed by atoms with Crippen LogP contribution in [0, 0.1) is 0 Å². The molecule has 1 heterocycles. The molecule has 0 fully saturated rings. The molecule has 148 valence electrons. The fraction of sp³-hybridized carbons (Fsp3) is 0.227. The largest absolute Gasteiger partial charge is 0.493 e. The van der Waals surface area contributed by atoms with Crippen LogP contribution in [0.1, 0.15) is 38.6 Å². The maximum absolute atomic E-state index is 13.2. The second kappa shape index (κ2) is 7.09. The summed E-state index contributed by atoms with van der Waals surface area (Å²) in [6, 6.07) is 9.86. The minimum atomic E-state index is -0.676. The van der Waals surface area contributed by atoms with E-state index in [-0.39, 0.29) is 29.1 Å². The molecule has 7 heteroatoms. The Labute approximate surface area is 166 Å². The van der Waals surface area contributed by atoms with E-state index in [1.165, 1.54) is 21.3 Å². The van der Waals surface area contributed by atoms with Gasteiger partial charge in [-0.3, -0.25) is 14.4 Å². The Balaban J connectivity index is 1.91. The zero-order valence-electron chi connectivity index (χ0n) is 16.1. The molecule has 1 aliphatic heterocycles. The molecular formula is C22H18O7. The van der Waals surface area contributed by atoms with E-state index in [2.05, 4.69) is 0 Å². The van der Waals surface area contributed by atoms with E-state index >= 15 is 0 Å². The van der Waals surface area contributed by atoms with Crippen molar-refractivity contribution in [1.29, 1.82) is 0 Å². The van der Waals surface area contributed by atoms with Crippen molar-refractivity contribution in [3.63, 3.8) is 0 Å². The van der Waals surface area contributed by atoms with Crippen LogP contribution >= 0.6 is 0 Å². The molecule has 4 rings (SSSR count). The highest BCUT2D eigenvalue weighted by molar-refractivity contribution is 6.27. The van der Waals surface area contributed by atoms with Gasteiger partial charge in [-0.25, -0.2) is 0 Å². The van der Waals surface area contributed by atoms with Crippen LogP contribution in [0.15, 0.2) is 47.7 Å². The molecule has 0 saturated heterocycles. The number of benzene rings is 2. The van der Waals surface area contributed by atoms with Gasteiger partial charge in [0.25, 0.3) is 0 Å². The first-order chi connectivity index (χ1) is 14.0. The van der Waals surface area contributed by atoms with E-state index in [0.717, 1.165) is 0 Å². The highest BCUT2D eigenvalue weighted by atomic mass is 16.5. The third kappa shape index (κ3) is 2.86. The zero-order valence-corrected chi connectivity index (χ0v) is 16.1. The number of Topliss-reactive ketones (excluding diaryl/α,β-unsaturated/α-hetero) is 2. The van der Waals surface area contributed by atoms with Crippen molar-refractivity contribution >= 4 is 17.5 Å². The number of carbonyl (C=O) groups is 3. The summed E-state index contributed by atoms with van der Waals surface area (Å²) < 4.78 is 21.3. The lowest BCUT2D eigenvalue weighted by atomic mass is 9.77. The van der Waals surface area contributed by atoms with Crippen LogP contribution in [-0.2, 0) is 9.53 Å². The van der Waals surface area contributed by atoms with Crippen LogP contribution < -0.4 is 14.2 Å². The summed E-state index contributed by atoms with van der Waals surface area (Å²) in [5.74, 6) is -1.10. The smallest absolute Gasteiger partial charge is 0.312 e. The molecule has 0 unspecified atom stereocenters. The number of ketones is 2. The summed E-state index contributed by atoms with van der Waals surface area (Å²) in [6.45, 7) is 0. The number of hydrogen-bond acceptors (Lipinski definition) is 7. The second-order valence-electron chi connectivity index (χ2n) is 6.64. The van der Waals surface area contributed by atoms with Crippen molar-refractivity contribution in [1.82, 2.24) is 0 Å². The average molecular weight is 394 g/mol. The normalized spacial score (nSPS) is 18.0. The van der Waals surface area contributed by atoms with Crippen LogP contribution in [-0.4, -0.2) is 38.9 Å². The Morgan fingerprint density at radius 1 is 0.862 bits per heavy atom. The molecule has 7 nitrogen and oxygen atoms in total. The Bertz CT molecular complexity index is 1060. The quantitative estimate of drug-likeness (QED) is 0.737. The van der Waals surface area contributed by atoms with E-state index in [0.29, 0.717) is 28.4 Å². The van der Waals surface area contributed by atoms with Crippen LogP contribution in [0.3, 0.4) is 0 Å². The molecule has 0 bridgehead atoms. The Kier molecular flexibility index (Phi) is 4.58. The van der Waals surface area contributed by atoms with Crippen molar-refractivity contribution in [2.75, 3.05) is 21.3 Å². The van der Waals surface area contributed by atoms with Crippen LogP contribution in [0.2, 0.25) is 0 Å². The second-order valence-corrected chi connectivity index (χ2v) is 6.64. The molecule has 2 aliphatic rings. The van der Waals surface area contributed by atoms with E-state index in [9.17, 15) is 14.4 Å². The van der Waals surface area contributed by atoms with Crippen molar-refractivity contribution in [2.24, 2.45) is 0 Å². The number of rotatable bonds is 4. The number of hydrogen-bond donors (Lipinski definition) is 0. The van der Waals surface area contributed by atoms with Crippen LogP contribution in [0.4, 0.5) is 0 Å². The van der Waals surface area contributed by atoms with Gasteiger partial charge in [-0.05, 0) is 17.7 Å². The summed E-state index contributed by atoms with van der Waals surface area (Å²) in [6.07, 6.45) is -0.0847. The molecule has 0 saturated carbocycles. The SMILES string of the molecule is COc1cc([C@H]2CC(=O)OC3=C2C(=O)c2ccccc2C3=O)cc(OC)c1OC. The first-order valence-corrected chi connectivity index (χ1v) is 8.93. The number of esters is 1. The molecule has 0 amide bonds. The third-order valence-electron chi connectivity index (χ3n) is 5.14. The van der Waals surface area contributed by atoms with Gasteiger partial charge in [-0.1, -0.05) is 24.3 Å². The zero-order chi connectivity index (χ0) is 20.7. The van der Waals surface area contributed by atoms with Gasteiger partial charge in [-0.15, -0.1) is 0 Å². The van der Waals surface area contributed by atoms with Gasteiger partial charge in [0.05, 0.1) is 33.3 Å². The van der Waals surface area contributed by atoms with Crippen molar-refractivity contribution in [3.8, 4) is 17.2 Å². The number of fused-ring (bicyclic) bond motifs is 1. The van der Waals surface area contributed by atoms with Crippen molar-refractivity contribution in [3.05, 3.63) is 64.4 Å². The topological polar surface area (TPSA) is 88.1 Å². The Hall–Kier alpha value is -3.61. The summed E-state index contributed by atoms with van der Waals surface area (Å²) >= 11 is 0. The average Bonchev–Trinajstić information content (AvgIpc) is 2.75. The van der Waals surface area contributed by atoms with Gasteiger partial charge >= 0.3 is 5.97 Å². The van der Waals surface area contributed by atoms with E-state index < -0.39 is 17.7 Å². The lowest BCUT2D eigenvalue weighted by Gasteiger charge is -2.30. The maximum atomic E-state index is 13.2. The highest BCUT2D eigenvalue weighted by Crippen LogP contribution is 2.46. The van der Waals surface area contributed by atoms with Crippen molar-refractivity contribution < 1.29 is 33.3 Å². The molecule has 1 aliphatic carbocycles. The molecule has 1 atom stereocenters. The first-order valence-electron chi connectivity index (χ1n) is 8.93. The standard InChI is InChI=1S/C22H18O7/c1-26-15-8-11(9-16(27-2)21(15)28-3)14-10-17(23)29-22-18(14)19(24)12-6-4-5-7-13(12)20(22)25/h4-9,14H,10H2,1-3H3/t14-/m1/s1. The number of ether oxygens (including phenoxy) is 4.